The maximum atomic E-state index is 14.0. The van der Waals surface area contributed by atoms with E-state index in [2.05, 4.69) is 64.9 Å². The molecule has 4 N–H and O–H groups in total. The van der Waals surface area contributed by atoms with Crippen LogP contribution in [0.25, 0.3) is 10.9 Å². The van der Waals surface area contributed by atoms with Gasteiger partial charge in [0, 0.05) is 62.7 Å². The monoisotopic (exact) mass is 685 g/mol. The molecular formula is C34H43N11O5. The molecule has 4 aromatic rings. The summed E-state index contributed by atoms with van der Waals surface area (Å²) in [6.45, 7) is 12.0. The van der Waals surface area contributed by atoms with Gasteiger partial charge in [-0.1, -0.05) is 18.2 Å². The van der Waals surface area contributed by atoms with Crippen molar-refractivity contribution in [2.24, 2.45) is 5.92 Å². The number of ether oxygens (including phenoxy) is 1. The number of likely N-dealkylation sites (N-methyl/N-ethyl adjacent to an activating group) is 1. The van der Waals surface area contributed by atoms with E-state index in [1.165, 1.54) is 6.20 Å². The van der Waals surface area contributed by atoms with Crippen LogP contribution in [0.3, 0.4) is 0 Å². The molecule has 16 nitrogen and oxygen atoms in total. The van der Waals surface area contributed by atoms with Gasteiger partial charge in [0.15, 0.2) is 5.69 Å². The first kappa shape index (κ1) is 34.4. The van der Waals surface area contributed by atoms with Gasteiger partial charge in [0.2, 0.25) is 0 Å². The highest BCUT2D eigenvalue weighted by Gasteiger charge is 2.39. The standard InChI is InChI=1S/C34H43N11O5/c1-21-19-44(20-27(30(21)45-11-10-36-41-45)40-33(49)50-34(2,3)4)28-8-9-35-18-26(28)38-31(46)29-25(39-32(47)48)16-22-6-7-23(17-24(22)37-29)43-14-12-42(5)13-15-43/h6-11,16-18,21,27,30,39H,12-15,19-20H2,1-5H3,(H,38,46)(H,40,49)(H,47,48)/t21-,27+,30-/m0/s1. The van der Waals surface area contributed by atoms with E-state index in [0.717, 1.165) is 31.9 Å². The topological polar surface area (TPSA) is 183 Å². The minimum Gasteiger partial charge on any atom is -0.465 e. The van der Waals surface area contributed by atoms with Gasteiger partial charge in [-0.2, -0.15) is 0 Å². The molecule has 5 heterocycles. The number of anilines is 4. The Morgan fingerprint density at radius 2 is 1.74 bits per heavy atom. The summed E-state index contributed by atoms with van der Waals surface area (Å²) in [5.74, 6) is -0.631. The van der Waals surface area contributed by atoms with E-state index in [9.17, 15) is 19.5 Å². The minimum absolute atomic E-state index is 0.0230. The molecule has 0 bridgehead atoms. The third-order valence-corrected chi connectivity index (χ3v) is 8.88. The van der Waals surface area contributed by atoms with Crippen molar-refractivity contribution in [1.82, 2.24) is 35.2 Å². The van der Waals surface area contributed by atoms with E-state index >= 15 is 0 Å². The first-order valence-electron chi connectivity index (χ1n) is 16.6. The number of piperazine rings is 1. The smallest absolute Gasteiger partial charge is 0.409 e. The molecule has 2 saturated heterocycles. The summed E-state index contributed by atoms with van der Waals surface area (Å²) in [5, 5.41) is 26.8. The second-order valence-electron chi connectivity index (χ2n) is 13.8. The van der Waals surface area contributed by atoms with E-state index in [-0.39, 0.29) is 23.3 Å². The Balaban J connectivity index is 1.29. The lowest BCUT2D eigenvalue weighted by Gasteiger charge is -2.44. The Morgan fingerprint density at radius 3 is 2.44 bits per heavy atom. The Bertz CT molecular complexity index is 1850. The molecule has 0 spiro atoms. The molecule has 3 amide bonds. The van der Waals surface area contributed by atoms with E-state index in [1.54, 1.807) is 56.2 Å². The van der Waals surface area contributed by atoms with Crippen LogP contribution in [0.5, 0.6) is 0 Å². The van der Waals surface area contributed by atoms with Crippen LogP contribution in [-0.2, 0) is 4.74 Å². The number of hydrogen-bond donors (Lipinski definition) is 4. The van der Waals surface area contributed by atoms with Crippen molar-refractivity contribution in [3.8, 4) is 0 Å². The molecule has 3 aromatic heterocycles. The first-order chi connectivity index (χ1) is 23.8. The second-order valence-corrected chi connectivity index (χ2v) is 13.8. The van der Waals surface area contributed by atoms with E-state index in [1.807, 2.05) is 18.2 Å². The van der Waals surface area contributed by atoms with Crippen LogP contribution in [0.2, 0.25) is 0 Å². The summed E-state index contributed by atoms with van der Waals surface area (Å²) in [6, 6.07) is 8.55. The number of carboxylic acid groups (broad SMARTS) is 1. The van der Waals surface area contributed by atoms with Gasteiger partial charge in [-0.15, -0.1) is 5.10 Å². The van der Waals surface area contributed by atoms with Gasteiger partial charge in [0.1, 0.15) is 5.60 Å². The summed E-state index contributed by atoms with van der Waals surface area (Å²) >= 11 is 0. The Morgan fingerprint density at radius 1 is 0.960 bits per heavy atom. The lowest BCUT2D eigenvalue weighted by Crippen LogP contribution is -2.57. The normalized spacial score (nSPS) is 20.0. The van der Waals surface area contributed by atoms with Crippen LogP contribution in [0.4, 0.5) is 32.3 Å². The molecular weight excluding hydrogens is 642 g/mol. The van der Waals surface area contributed by atoms with Crippen LogP contribution in [0.1, 0.15) is 44.2 Å². The highest BCUT2D eigenvalue weighted by atomic mass is 16.6. The van der Waals surface area contributed by atoms with Crippen LogP contribution in [0.15, 0.2) is 55.1 Å². The molecule has 0 unspecified atom stereocenters. The van der Waals surface area contributed by atoms with Crippen molar-refractivity contribution in [2.75, 3.05) is 66.7 Å². The number of carbonyl (C=O) groups excluding carboxylic acids is 2. The third kappa shape index (κ3) is 7.86. The molecule has 0 radical (unpaired) electrons. The fourth-order valence-corrected chi connectivity index (χ4v) is 6.62. The van der Waals surface area contributed by atoms with Crippen molar-refractivity contribution in [1.29, 1.82) is 0 Å². The van der Waals surface area contributed by atoms with Gasteiger partial charge in [-0.25, -0.2) is 19.3 Å². The number of carbonyl (C=O) groups is 3. The maximum Gasteiger partial charge on any atom is 0.409 e. The maximum absolute atomic E-state index is 14.0. The molecule has 1 aromatic carbocycles. The highest BCUT2D eigenvalue weighted by Crippen LogP contribution is 2.35. The van der Waals surface area contributed by atoms with Crippen molar-refractivity contribution in [3.63, 3.8) is 0 Å². The van der Waals surface area contributed by atoms with Gasteiger partial charge in [-0.05, 0) is 58.0 Å². The van der Waals surface area contributed by atoms with Gasteiger partial charge in [-0.3, -0.25) is 15.1 Å². The molecule has 3 atom stereocenters. The van der Waals surface area contributed by atoms with E-state index in [4.69, 9.17) is 4.74 Å². The number of aromatic nitrogens is 5. The number of piperidine rings is 1. The van der Waals surface area contributed by atoms with Crippen molar-refractivity contribution in [3.05, 3.63) is 60.8 Å². The predicted octanol–water partition coefficient (Wildman–Crippen LogP) is 3.91. The van der Waals surface area contributed by atoms with Crippen LogP contribution in [-0.4, -0.2) is 111 Å². The zero-order valence-corrected chi connectivity index (χ0v) is 28.8. The van der Waals surface area contributed by atoms with Gasteiger partial charge in [0.05, 0.1) is 47.1 Å². The quantitative estimate of drug-likeness (QED) is 0.220. The number of pyridine rings is 2. The highest BCUT2D eigenvalue weighted by molar-refractivity contribution is 6.11. The number of nitrogens with one attached hydrogen (secondary N) is 3. The summed E-state index contributed by atoms with van der Waals surface area (Å²) in [6.07, 6.45) is 4.66. The molecule has 2 fully saturated rings. The molecule has 0 saturated carbocycles. The number of benzene rings is 1. The number of nitrogens with zero attached hydrogens (tertiary/aromatic N) is 8. The van der Waals surface area contributed by atoms with Crippen LogP contribution in [0, 0.1) is 5.92 Å². The summed E-state index contributed by atoms with van der Waals surface area (Å²) in [5.41, 5.74) is 1.91. The molecule has 0 aliphatic carbocycles. The zero-order valence-electron chi connectivity index (χ0n) is 28.8. The number of fused-ring (bicyclic) bond motifs is 1. The average Bonchev–Trinajstić information content (AvgIpc) is 3.58. The number of rotatable bonds is 7. The second kappa shape index (κ2) is 14.2. The van der Waals surface area contributed by atoms with Crippen molar-refractivity contribution < 1.29 is 24.2 Å². The first-order valence-corrected chi connectivity index (χ1v) is 16.6. The van der Waals surface area contributed by atoms with Gasteiger partial charge < -0.3 is 35.2 Å². The lowest BCUT2D eigenvalue weighted by atomic mass is 9.89. The Hall–Kier alpha value is -5.51. The Kier molecular flexibility index (Phi) is 9.72. The number of amides is 3. The molecule has 264 valence electrons. The fourth-order valence-electron chi connectivity index (χ4n) is 6.62. The molecule has 16 heteroatoms. The SMILES string of the molecule is C[C@H]1CN(c2ccncc2NC(=O)c2nc3cc(N4CCN(C)CC4)ccc3cc2NC(=O)O)C[C@@H](NC(=O)OC(C)(C)C)[C@H]1n1ccnn1. The van der Waals surface area contributed by atoms with E-state index in [0.29, 0.717) is 35.4 Å². The largest absolute Gasteiger partial charge is 0.465 e. The van der Waals surface area contributed by atoms with Crippen molar-refractivity contribution >= 4 is 51.7 Å². The number of alkyl carbamates (subject to hydrolysis) is 1. The zero-order chi connectivity index (χ0) is 35.6. The van der Waals surface area contributed by atoms with Crippen molar-refractivity contribution in [2.45, 2.75) is 45.4 Å². The van der Waals surface area contributed by atoms with Crippen LogP contribution >= 0.6 is 0 Å². The summed E-state index contributed by atoms with van der Waals surface area (Å²) in [7, 11) is 2.09. The van der Waals surface area contributed by atoms with Gasteiger partial charge in [0.25, 0.3) is 5.91 Å². The third-order valence-electron chi connectivity index (χ3n) is 8.88. The molecule has 2 aliphatic rings. The molecule has 6 rings (SSSR count). The Labute approximate surface area is 289 Å². The summed E-state index contributed by atoms with van der Waals surface area (Å²) in [4.78, 5) is 54.2. The summed E-state index contributed by atoms with van der Waals surface area (Å²) < 4.78 is 7.33. The van der Waals surface area contributed by atoms with Crippen LogP contribution < -0.4 is 25.8 Å². The predicted molar refractivity (Wildman–Crippen MR) is 189 cm³/mol. The fraction of sp³-hybridized carbons (Fsp3) is 0.441. The van der Waals surface area contributed by atoms with Gasteiger partial charge >= 0.3 is 12.2 Å². The number of hydrogen-bond acceptors (Lipinski definition) is 11. The lowest BCUT2D eigenvalue weighted by molar-refractivity contribution is 0.0465. The minimum atomic E-state index is -1.32. The van der Waals surface area contributed by atoms with E-state index < -0.39 is 29.7 Å². The average molecular weight is 686 g/mol. The molecule has 50 heavy (non-hydrogen) atoms. The molecule has 2 aliphatic heterocycles.